The molecule has 0 saturated carbocycles. The second kappa shape index (κ2) is 31.5. The number of aromatic amines is 3. The van der Waals surface area contributed by atoms with E-state index >= 15 is 0 Å². The van der Waals surface area contributed by atoms with Crippen LogP contribution in [0.2, 0.25) is 20.2 Å². The molecule has 0 aliphatic carbocycles. The van der Waals surface area contributed by atoms with Crippen molar-refractivity contribution < 1.29 is 18.6 Å². The number of anilines is 3. The summed E-state index contributed by atoms with van der Waals surface area (Å²) in [7, 11) is 0. The summed E-state index contributed by atoms with van der Waals surface area (Å²) in [5.74, 6) is 0.521. The lowest BCUT2D eigenvalue weighted by molar-refractivity contribution is 0.623. The number of aryl methyl sites for hydroxylation is 2. The highest BCUT2D eigenvalue weighted by atomic mass is 35.5. The minimum Gasteiger partial charge on any atom is -0.412 e. The number of H-pyrrole nitrogens is 3. The standard InChI is InChI=1S/C23H17ClFN7O2.C22H16ClFN8O2.C16H13ClFN3O.C7H5ClN4O.H3N.H2O/c1-11(28-20-18-19(29-12(2)30-20)26-10-27-22(18)33)21-31-16-8-4-7-15(24)17(16)23(34)32(21)14-6-3-5-13(25)9-14;1-10(28-18-16-17(30-22(25)31-18)26-9-27-20(16)33)19-29-14-7-3-6-13(23)15(14)21(34)32(19)12-5-2-4-11(24)8-12;1-9(19)15-20-13-7-3-6-12(17)14(13)16(22)21(15)11-5-2-4-10(18)8-11;1-3-11-5(8)4-6(12-3)9-2-10-7(4)13;;/h3-11H,1-2H3,(H2,26,27,28,29,30,33);2-10H,1H3,(H4,25,26,27,28,30,31,33);2-9H,19H2,1H3;2H,1H3,(H,9,10,11,12,13);1H3;1H2/t11-;10-;9-;;;/m000.../s1. The van der Waals surface area contributed by atoms with Crippen molar-refractivity contribution in [3.63, 3.8) is 0 Å². The zero-order chi connectivity index (χ0) is 73.2. The van der Waals surface area contributed by atoms with E-state index in [0.29, 0.717) is 50.4 Å². The summed E-state index contributed by atoms with van der Waals surface area (Å²) in [6.07, 6.45) is 3.76. The molecule has 0 fully saturated rings. The molecule has 105 heavy (non-hydrogen) atoms. The van der Waals surface area contributed by atoms with Crippen LogP contribution >= 0.6 is 46.4 Å². The highest BCUT2D eigenvalue weighted by Gasteiger charge is 2.25. The molecule has 0 aliphatic heterocycles. The maximum absolute atomic E-state index is 14.1. The van der Waals surface area contributed by atoms with Gasteiger partial charge >= 0.3 is 0 Å². The van der Waals surface area contributed by atoms with Crippen molar-refractivity contribution >= 4 is 130 Å². The number of nitrogen functional groups attached to an aromatic ring is 1. The van der Waals surface area contributed by atoms with Gasteiger partial charge in [-0.2, -0.15) is 9.97 Å². The Morgan fingerprint density at radius 3 is 1.15 bits per heavy atom. The molecule has 9 aromatic heterocycles. The van der Waals surface area contributed by atoms with Crippen LogP contribution < -0.4 is 61.6 Å². The van der Waals surface area contributed by atoms with Crippen LogP contribution in [-0.2, 0) is 0 Å². The van der Waals surface area contributed by atoms with Crippen LogP contribution in [-0.4, -0.2) is 93.9 Å². The normalized spacial score (nSPS) is 11.9. The van der Waals surface area contributed by atoms with Crippen LogP contribution in [0.25, 0.3) is 82.9 Å². The van der Waals surface area contributed by atoms with E-state index in [2.05, 4.69) is 85.4 Å². The third-order valence-electron chi connectivity index (χ3n) is 15.4. The highest BCUT2D eigenvalue weighted by molar-refractivity contribution is 6.36. The fraction of sp³-hybridized carbons (Fsp3) is 0.118. The van der Waals surface area contributed by atoms with Crippen LogP contribution in [0.5, 0.6) is 0 Å². The van der Waals surface area contributed by atoms with Crippen molar-refractivity contribution in [1.29, 1.82) is 0 Å². The van der Waals surface area contributed by atoms with Crippen molar-refractivity contribution in [2.75, 3.05) is 16.4 Å². The summed E-state index contributed by atoms with van der Waals surface area (Å²) in [4.78, 5) is 134. The molecule has 0 unspecified atom stereocenters. The molecule has 0 saturated heterocycles. The molecule has 0 radical (unpaired) electrons. The summed E-state index contributed by atoms with van der Waals surface area (Å²) in [6, 6.07) is 30.0. The predicted octanol–water partition coefficient (Wildman–Crippen LogP) is 9.86. The van der Waals surface area contributed by atoms with E-state index in [0.717, 1.165) is 0 Å². The van der Waals surface area contributed by atoms with Crippen LogP contribution in [0.1, 0.15) is 68.0 Å². The first-order chi connectivity index (χ1) is 49.3. The topological polar surface area (TPSA) is 462 Å². The van der Waals surface area contributed by atoms with Gasteiger partial charge in [0.15, 0.2) is 16.9 Å². The van der Waals surface area contributed by atoms with Gasteiger partial charge in [-0.1, -0.05) is 82.8 Å². The summed E-state index contributed by atoms with van der Waals surface area (Å²) in [5, 5.41) is 8.32. The van der Waals surface area contributed by atoms with Gasteiger partial charge in [-0.25, -0.2) is 63.0 Å². The Labute approximate surface area is 607 Å². The molecule has 37 heteroatoms. The summed E-state index contributed by atoms with van der Waals surface area (Å²) in [5.41, 5.74) is 12.0. The Hall–Kier alpha value is -12.4. The van der Waals surface area contributed by atoms with E-state index in [1.54, 1.807) is 107 Å². The molecule has 14 N–H and O–H groups in total. The van der Waals surface area contributed by atoms with Gasteiger partial charge in [0.25, 0.3) is 33.4 Å². The molecule has 0 spiro atoms. The summed E-state index contributed by atoms with van der Waals surface area (Å²) < 4.78 is 45.5. The fourth-order valence-electron chi connectivity index (χ4n) is 11.0. The van der Waals surface area contributed by atoms with E-state index in [1.165, 1.54) is 87.3 Å². The molecule has 15 aromatic rings. The van der Waals surface area contributed by atoms with Gasteiger partial charge in [0.1, 0.15) is 79.5 Å². The maximum Gasteiger partial charge on any atom is 0.267 e. The number of benzene rings is 6. The molecule has 0 amide bonds. The molecule has 3 atom stereocenters. The first-order valence-corrected chi connectivity index (χ1v) is 32.2. The van der Waals surface area contributed by atoms with Gasteiger partial charge in [0, 0.05) is 0 Å². The van der Waals surface area contributed by atoms with Gasteiger partial charge in [0.2, 0.25) is 5.95 Å². The number of nitrogens with zero attached hydrogens (tertiary/aromatic N) is 15. The van der Waals surface area contributed by atoms with E-state index < -0.39 is 57.8 Å². The van der Waals surface area contributed by atoms with Gasteiger partial charge in [-0.3, -0.25) is 42.5 Å². The van der Waals surface area contributed by atoms with Crippen LogP contribution in [0.4, 0.5) is 30.8 Å². The Morgan fingerprint density at radius 2 is 0.762 bits per heavy atom. The molecule has 6 aromatic carbocycles. The van der Waals surface area contributed by atoms with E-state index in [-0.39, 0.29) is 122 Å². The fourth-order valence-corrected chi connectivity index (χ4v) is 12.0. The number of hydrogen-bond acceptors (Lipinski definition) is 23. The van der Waals surface area contributed by atoms with Crippen molar-refractivity contribution in [1.82, 2.24) is 94.6 Å². The lowest BCUT2D eigenvalue weighted by atomic mass is 10.2. The molecule has 0 bridgehead atoms. The monoisotopic (exact) mass is 1500 g/mol. The first kappa shape index (κ1) is 75.3. The number of hydrogen-bond donors (Lipinski definition) is 8. The molecule has 0 aliphatic rings. The number of fused-ring (bicyclic) bond motifs is 6. The number of halogens is 7. The van der Waals surface area contributed by atoms with Crippen molar-refractivity contribution in [2.24, 2.45) is 5.73 Å². The van der Waals surface area contributed by atoms with Crippen molar-refractivity contribution in [3.8, 4) is 17.1 Å². The Bertz CT molecular complexity index is 6040. The highest BCUT2D eigenvalue weighted by Crippen LogP contribution is 2.30. The van der Waals surface area contributed by atoms with Crippen LogP contribution in [0.3, 0.4) is 0 Å². The van der Waals surface area contributed by atoms with Gasteiger partial charge in [0.05, 0.1) is 102 Å². The second-order valence-electron chi connectivity index (χ2n) is 22.6. The predicted molar refractivity (Wildman–Crippen MR) is 395 cm³/mol. The summed E-state index contributed by atoms with van der Waals surface area (Å²) in [6.45, 7) is 8.55. The minimum atomic E-state index is -0.698. The Morgan fingerprint density at radius 1 is 0.429 bits per heavy atom. The zero-order valence-electron chi connectivity index (χ0n) is 55.3. The smallest absolute Gasteiger partial charge is 0.267 e. The largest absolute Gasteiger partial charge is 0.412 e. The lowest BCUT2D eigenvalue weighted by Gasteiger charge is -2.21. The average Bonchev–Trinajstić information content (AvgIpc) is 0.766. The van der Waals surface area contributed by atoms with E-state index in [9.17, 15) is 41.9 Å². The molecular formula is C68H56Cl4F3N23O7. The van der Waals surface area contributed by atoms with Gasteiger partial charge in [-0.15, -0.1) is 0 Å². The van der Waals surface area contributed by atoms with Crippen molar-refractivity contribution in [3.05, 3.63) is 275 Å². The number of rotatable bonds is 10. The quantitative estimate of drug-likeness (QED) is 0.0590. The molecule has 9 heterocycles. The molecular weight excluding hydrogens is 1450 g/mol. The van der Waals surface area contributed by atoms with Crippen molar-refractivity contribution in [2.45, 2.75) is 52.7 Å². The SMILES string of the molecule is C[C@H](N)c1nc2cccc(Cl)c2c(=O)n1-c1cccc(F)c1.C[C@H](Nc1nc(N)nc2nc[nH]c(=O)c12)c1nc2cccc(Cl)c2c(=O)n1-c1cccc(F)c1.Cc1nc(Cl)c2c(=O)[nH]cnc2n1.Cc1nc(N[C@@H](C)c2nc3cccc(Cl)c3c(=O)n2-c2cccc(F)c2)c2c(=O)[nH]cnc2n1.N.O. The maximum atomic E-state index is 14.1. The first-order valence-electron chi connectivity index (χ1n) is 30.6. The molecule has 30 nitrogen and oxygen atoms in total. The number of nitrogens with two attached hydrogens (primary N) is 2. The lowest BCUT2D eigenvalue weighted by Crippen LogP contribution is -2.28. The minimum absolute atomic E-state index is 0. The average molecular weight is 1510 g/mol. The van der Waals surface area contributed by atoms with Crippen LogP contribution in [0.15, 0.2) is 175 Å². The van der Waals surface area contributed by atoms with Gasteiger partial charge in [-0.05, 0) is 126 Å². The number of nitrogens with one attached hydrogen (secondary N) is 5. The Kier molecular flexibility index (Phi) is 22.6. The van der Waals surface area contributed by atoms with Gasteiger partial charge < -0.3 is 48.7 Å². The van der Waals surface area contributed by atoms with E-state index in [4.69, 9.17) is 57.9 Å². The van der Waals surface area contributed by atoms with Crippen LogP contribution in [0, 0.1) is 31.3 Å². The summed E-state index contributed by atoms with van der Waals surface area (Å²) >= 11 is 24.5. The molecule has 534 valence electrons. The number of aromatic nitrogens is 18. The Balaban J connectivity index is 0.000000157. The third kappa shape index (κ3) is 15.5. The second-order valence-corrected chi connectivity index (χ2v) is 24.2. The molecule has 15 rings (SSSR count). The zero-order valence-corrected chi connectivity index (χ0v) is 58.3. The van der Waals surface area contributed by atoms with E-state index in [1.807, 2.05) is 0 Å². The third-order valence-corrected chi connectivity index (χ3v) is 16.6.